The third-order valence-corrected chi connectivity index (χ3v) is 3.58. The molecule has 108 valence electrons. The second-order valence-corrected chi connectivity index (χ2v) is 5.09. The van der Waals surface area contributed by atoms with E-state index < -0.39 is 11.6 Å². The molecule has 0 amide bonds. The summed E-state index contributed by atoms with van der Waals surface area (Å²) in [7, 11) is 1.86. The molecule has 0 aliphatic rings. The lowest BCUT2D eigenvalue weighted by atomic mass is 9.99. The van der Waals surface area contributed by atoms with Gasteiger partial charge in [0.2, 0.25) is 0 Å². The molecule has 0 heterocycles. The monoisotopic (exact) mass is 269 g/mol. The van der Waals surface area contributed by atoms with Crippen LogP contribution in [0.4, 0.5) is 8.78 Å². The van der Waals surface area contributed by atoms with Crippen LogP contribution in [0.5, 0.6) is 0 Å². The van der Waals surface area contributed by atoms with Crippen molar-refractivity contribution < 1.29 is 8.78 Å². The van der Waals surface area contributed by atoms with Crippen molar-refractivity contribution in [2.45, 2.75) is 57.9 Å². The van der Waals surface area contributed by atoms with Crippen LogP contribution in [0.25, 0.3) is 0 Å². The summed E-state index contributed by atoms with van der Waals surface area (Å²) in [5, 5.41) is 3.16. The predicted molar refractivity (Wildman–Crippen MR) is 76.3 cm³/mol. The van der Waals surface area contributed by atoms with E-state index in [9.17, 15) is 8.78 Å². The summed E-state index contributed by atoms with van der Waals surface area (Å²) < 4.78 is 27.1. The lowest BCUT2D eigenvalue weighted by Crippen LogP contribution is -2.28. The number of hydrogen-bond donors (Lipinski definition) is 1. The predicted octanol–water partition coefficient (Wildman–Crippen LogP) is 4.46. The van der Waals surface area contributed by atoms with Crippen LogP contribution < -0.4 is 5.32 Å². The van der Waals surface area contributed by atoms with Crippen LogP contribution in [0.3, 0.4) is 0 Å². The molecule has 0 radical (unpaired) electrons. The standard InChI is InChI=1S/C16H25F2N/c1-3-4-5-6-7-9-13(19-2)12-14-15(17)10-8-11-16(14)18/h8,10-11,13,19H,3-7,9,12H2,1-2H3. The van der Waals surface area contributed by atoms with Crippen molar-refractivity contribution in [1.82, 2.24) is 5.32 Å². The Morgan fingerprint density at radius 1 is 1.05 bits per heavy atom. The van der Waals surface area contributed by atoms with E-state index in [1.165, 1.54) is 43.9 Å². The fourth-order valence-corrected chi connectivity index (χ4v) is 2.32. The molecule has 0 aliphatic heterocycles. The number of nitrogens with one attached hydrogen (secondary N) is 1. The van der Waals surface area contributed by atoms with Crippen LogP contribution in [0.2, 0.25) is 0 Å². The molecule has 0 aliphatic carbocycles. The summed E-state index contributed by atoms with van der Waals surface area (Å²) in [5.41, 5.74) is 0.204. The third kappa shape index (κ3) is 5.68. The first-order chi connectivity index (χ1) is 9.19. The Balaban J connectivity index is 2.43. The summed E-state index contributed by atoms with van der Waals surface area (Å²) in [6.07, 6.45) is 7.45. The summed E-state index contributed by atoms with van der Waals surface area (Å²) in [6.45, 7) is 2.19. The first-order valence-electron chi connectivity index (χ1n) is 7.29. The number of halogens is 2. The Morgan fingerprint density at radius 3 is 2.26 bits per heavy atom. The molecule has 1 N–H and O–H groups in total. The minimum absolute atomic E-state index is 0.146. The zero-order valence-electron chi connectivity index (χ0n) is 12.0. The molecule has 1 aromatic carbocycles. The van der Waals surface area contributed by atoms with Gasteiger partial charge in [-0.25, -0.2) is 8.78 Å². The van der Waals surface area contributed by atoms with Crippen LogP contribution in [-0.4, -0.2) is 13.1 Å². The fraction of sp³-hybridized carbons (Fsp3) is 0.625. The average Bonchev–Trinajstić information content (AvgIpc) is 2.40. The Labute approximate surface area is 115 Å². The quantitative estimate of drug-likeness (QED) is 0.653. The van der Waals surface area contributed by atoms with Crippen molar-refractivity contribution in [3.05, 3.63) is 35.4 Å². The van der Waals surface area contributed by atoms with Gasteiger partial charge in [0.25, 0.3) is 0 Å². The molecule has 1 unspecified atom stereocenters. The molecule has 0 saturated carbocycles. The number of benzene rings is 1. The van der Waals surface area contributed by atoms with Gasteiger partial charge in [-0.05, 0) is 32.0 Å². The van der Waals surface area contributed by atoms with Crippen molar-refractivity contribution in [3.8, 4) is 0 Å². The number of hydrogen-bond acceptors (Lipinski definition) is 1. The van der Waals surface area contributed by atoms with Gasteiger partial charge in [0.05, 0.1) is 0 Å². The van der Waals surface area contributed by atoms with Crippen LogP contribution >= 0.6 is 0 Å². The van der Waals surface area contributed by atoms with Gasteiger partial charge in [-0.15, -0.1) is 0 Å². The van der Waals surface area contributed by atoms with E-state index in [1.54, 1.807) is 0 Å². The smallest absolute Gasteiger partial charge is 0.129 e. The highest BCUT2D eigenvalue weighted by Gasteiger charge is 2.14. The topological polar surface area (TPSA) is 12.0 Å². The Kier molecular flexibility index (Phi) is 7.65. The molecule has 0 fully saturated rings. The van der Waals surface area contributed by atoms with E-state index in [4.69, 9.17) is 0 Å². The minimum atomic E-state index is -0.439. The second kappa shape index (κ2) is 9.03. The zero-order chi connectivity index (χ0) is 14.1. The maximum Gasteiger partial charge on any atom is 0.129 e. The maximum absolute atomic E-state index is 13.6. The minimum Gasteiger partial charge on any atom is -0.317 e. The SMILES string of the molecule is CCCCCCCC(Cc1c(F)cccc1F)NC. The zero-order valence-corrected chi connectivity index (χ0v) is 12.0. The van der Waals surface area contributed by atoms with E-state index in [1.807, 2.05) is 7.05 Å². The van der Waals surface area contributed by atoms with Crippen LogP contribution in [0.1, 0.15) is 51.0 Å². The van der Waals surface area contributed by atoms with Crippen molar-refractivity contribution in [2.75, 3.05) is 7.05 Å². The summed E-state index contributed by atoms with van der Waals surface area (Å²) in [5.74, 6) is -0.877. The average molecular weight is 269 g/mol. The normalized spacial score (nSPS) is 12.6. The molecule has 0 saturated heterocycles. The van der Waals surface area contributed by atoms with Gasteiger partial charge in [0.1, 0.15) is 11.6 Å². The molecule has 19 heavy (non-hydrogen) atoms. The number of unbranched alkanes of at least 4 members (excludes halogenated alkanes) is 4. The lowest BCUT2D eigenvalue weighted by Gasteiger charge is -2.17. The first kappa shape index (κ1) is 16.1. The molecule has 1 aromatic rings. The van der Waals surface area contributed by atoms with Gasteiger partial charge in [-0.2, -0.15) is 0 Å². The molecular formula is C16H25F2N. The number of likely N-dealkylation sites (N-methyl/N-ethyl adjacent to an activating group) is 1. The van der Waals surface area contributed by atoms with Gasteiger partial charge in [0, 0.05) is 11.6 Å². The van der Waals surface area contributed by atoms with Crippen molar-refractivity contribution in [1.29, 1.82) is 0 Å². The highest BCUT2D eigenvalue weighted by atomic mass is 19.1. The Morgan fingerprint density at radius 2 is 1.68 bits per heavy atom. The van der Waals surface area contributed by atoms with E-state index in [2.05, 4.69) is 12.2 Å². The molecule has 1 nitrogen and oxygen atoms in total. The van der Waals surface area contributed by atoms with Gasteiger partial charge >= 0.3 is 0 Å². The molecule has 0 aromatic heterocycles. The van der Waals surface area contributed by atoms with E-state index in [0.29, 0.717) is 6.42 Å². The first-order valence-corrected chi connectivity index (χ1v) is 7.29. The lowest BCUT2D eigenvalue weighted by molar-refractivity contribution is 0.460. The number of rotatable bonds is 9. The van der Waals surface area contributed by atoms with Gasteiger partial charge in [-0.1, -0.05) is 45.1 Å². The molecule has 0 bridgehead atoms. The highest BCUT2D eigenvalue weighted by Crippen LogP contribution is 2.17. The molecule has 1 rings (SSSR count). The van der Waals surface area contributed by atoms with Crippen molar-refractivity contribution in [3.63, 3.8) is 0 Å². The van der Waals surface area contributed by atoms with Gasteiger partial charge < -0.3 is 5.32 Å². The van der Waals surface area contributed by atoms with Crippen molar-refractivity contribution >= 4 is 0 Å². The van der Waals surface area contributed by atoms with E-state index in [0.717, 1.165) is 12.8 Å². The molecule has 3 heteroatoms. The molecule has 1 atom stereocenters. The van der Waals surface area contributed by atoms with E-state index >= 15 is 0 Å². The maximum atomic E-state index is 13.6. The largest absolute Gasteiger partial charge is 0.317 e. The van der Waals surface area contributed by atoms with Crippen LogP contribution in [0.15, 0.2) is 18.2 Å². The highest BCUT2D eigenvalue weighted by molar-refractivity contribution is 5.20. The summed E-state index contributed by atoms with van der Waals surface area (Å²) >= 11 is 0. The summed E-state index contributed by atoms with van der Waals surface area (Å²) in [6, 6.07) is 4.21. The molecule has 0 spiro atoms. The van der Waals surface area contributed by atoms with E-state index in [-0.39, 0.29) is 11.6 Å². The fourth-order valence-electron chi connectivity index (χ4n) is 2.32. The molecular weight excluding hydrogens is 244 g/mol. The Bertz CT molecular complexity index is 346. The second-order valence-electron chi connectivity index (χ2n) is 5.09. The van der Waals surface area contributed by atoms with Gasteiger partial charge in [0.15, 0.2) is 0 Å². The summed E-state index contributed by atoms with van der Waals surface area (Å²) in [4.78, 5) is 0. The Hall–Kier alpha value is -0.960. The van der Waals surface area contributed by atoms with Crippen molar-refractivity contribution in [2.24, 2.45) is 0 Å². The van der Waals surface area contributed by atoms with Crippen LogP contribution in [-0.2, 0) is 6.42 Å². The van der Waals surface area contributed by atoms with Crippen LogP contribution in [0, 0.1) is 11.6 Å². The van der Waals surface area contributed by atoms with Gasteiger partial charge in [-0.3, -0.25) is 0 Å². The third-order valence-electron chi connectivity index (χ3n) is 3.58.